The lowest BCUT2D eigenvalue weighted by Gasteiger charge is -2.30. The van der Waals surface area contributed by atoms with Crippen LogP contribution in [0.1, 0.15) is 52.9 Å². The monoisotopic (exact) mass is 299 g/mol. The zero-order valence-corrected chi connectivity index (χ0v) is 13.5. The van der Waals surface area contributed by atoms with Crippen LogP contribution in [0.2, 0.25) is 0 Å². The minimum atomic E-state index is -0.578. The predicted molar refractivity (Wildman–Crippen MR) is 80.2 cm³/mol. The molecule has 3 atom stereocenters. The molecule has 1 N–H and O–H groups in total. The summed E-state index contributed by atoms with van der Waals surface area (Å²) in [4.78, 5) is 12.3. The van der Waals surface area contributed by atoms with Crippen molar-refractivity contribution in [1.29, 1.82) is 0 Å². The van der Waals surface area contributed by atoms with Crippen molar-refractivity contribution in [2.24, 2.45) is 0 Å². The Morgan fingerprint density at radius 1 is 1.43 bits per heavy atom. The van der Waals surface area contributed by atoms with Gasteiger partial charge >= 0.3 is 5.97 Å². The smallest absolute Gasteiger partial charge is 0.326 e. The number of nitrogens with one attached hydrogen (secondary N) is 1. The van der Waals surface area contributed by atoms with Crippen LogP contribution in [0.5, 0.6) is 0 Å². The zero-order valence-electron chi connectivity index (χ0n) is 13.5. The summed E-state index contributed by atoms with van der Waals surface area (Å²) in [6, 6.07) is 0.242. The Hall–Kier alpha value is -0.650. The Morgan fingerprint density at radius 3 is 2.86 bits per heavy atom. The van der Waals surface area contributed by atoms with Crippen LogP contribution in [0.25, 0.3) is 0 Å². The van der Waals surface area contributed by atoms with Gasteiger partial charge in [-0.3, -0.25) is 10.1 Å². The molecule has 3 unspecified atom stereocenters. The van der Waals surface area contributed by atoms with E-state index in [4.69, 9.17) is 14.2 Å². The molecule has 0 radical (unpaired) electrons. The molecule has 1 aliphatic carbocycles. The third kappa shape index (κ3) is 4.41. The van der Waals surface area contributed by atoms with E-state index in [1.54, 1.807) is 0 Å². The van der Waals surface area contributed by atoms with Crippen molar-refractivity contribution in [2.75, 3.05) is 19.8 Å². The number of hydrogen-bond acceptors (Lipinski definition) is 5. The zero-order chi connectivity index (χ0) is 15.3. The Morgan fingerprint density at radius 2 is 2.24 bits per heavy atom. The summed E-state index contributed by atoms with van der Waals surface area (Å²) in [5, 5.41) is 3.41. The normalized spacial score (nSPS) is 32.8. The Bertz CT molecular complexity index is 341. The Balaban J connectivity index is 1.88. The maximum atomic E-state index is 12.3. The highest BCUT2D eigenvalue weighted by atomic mass is 16.5. The van der Waals surface area contributed by atoms with Crippen molar-refractivity contribution in [3.8, 4) is 0 Å². The quantitative estimate of drug-likeness (QED) is 0.729. The lowest BCUT2D eigenvalue weighted by atomic mass is 9.96. The standard InChI is InChI=1S/C16H29NO4/c1-4-19-15(18)16(17-12(2)3)8-7-13(10-16)21-11-14-6-5-9-20-14/h12-14,17H,4-11H2,1-3H3. The van der Waals surface area contributed by atoms with Crippen LogP contribution in [-0.4, -0.2) is 49.6 Å². The average Bonchev–Trinajstić information content (AvgIpc) is 3.06. The second-order valence-corrected chi connectivity index (χ2v) is 6.43. The number of carbonyl (C=O) groups excluding carboxylic acids is 1. The van der Waals surface area contributed by atoms with E-state index < -0.39 is 5.54 Å². The summed E-state index contributed by atoms with van der Waals surface area (Å²) in [5.74, 6) is -0.137. The number of carbonyl (C=O) groups is 1. The summed E-state index contributed by atoms with van der Waals surface area (Å²) >= 11 is 0. The van der Waals surface area contributed by atoms with Gasteiger partial charge in [-0.2, -0.15) is 0 Å². The van der Waals surface area contributed by atoms with Gasteiger partial charge in [-0.05, 0) is 46.5 Å². The fraction of sp³-hybridized carbons (Fsp3) is 0.938. The van der Waals surface area contributed by atoms with Gasteiger partial charge in [-0.15, -0.1) is 0 Å². The number of hydrogen-bond donors (Lipinski definition) is 1. The van der Waals surface area contributed by atoms with E-state index in [9.17, 15) is 4.79 Å². The molecule has 122 valence electrons. The second-order valence-electron chi connectivity index (χ2n) is 6.43. The maximum Gasteiger partial charge on any atom is 0.326 e. The highest BCUT2D eigenvalue weighted by Gasteiger charge is 2.47. The predicted octanol–water partition coefficient (Wildman–Crippen LogP) is 2.03. The third-order valence-electron chi connectivity index (χ3n) is 4.24. The minimum absolute atomic E-state index is 0.116. The third-order valence-corrected chi connectivity index (χ3v) is 4.24. The van der Waals surface area contributed by atoms with E-state index in [0.717, 1.165) is 32.3 Å². The van der Waals surface area contributed by atoms with Gasteiger partial charge in [0.1, 0.15) is 5.54 Å². The molecule has 0 aromatic carbocycles. The number of ether oxygens (including phenoxy) is 3. The molecule has 0 amide bonds. The van der Waals surface area contributed by atoms with E-state index in [-0.39, 0.29) is 24.2 Å². The molecule has 2 rings (SSSR count). The van der Waals surface area contributed by atoms with Crippen molar-refractivity contribution in [3.05, 3.63) is 0 Å². The van der Waals surface area contributed by atoms with Crippen LogP contribution in [0.4, 0.5) is 0 Å². The molecule has 2 fully saturated rings. The molecule has 2 aliphatic rings. The molecule has 1 saturated carbocycles. The molecule has 0 aromatic heterocycles. The van der Waals surface area contributed by atoms with Crippen LogP contribution in [0.15, 0.2) is 0 Å². The van der Waals surface area contributed by atoms with Crippen molar-refractivity contribution in [1.82, 2.24) is 5.32 Å². The largest absolute Gasteiger partial charge is 0.465 e. The molecule has 21 heavy (non-hydrogen) atoms. The summed E-state index contributed by atoms with van der Waals surface area (Å²) < 4.78 is 16.8. The summed E-state index contributed by atoms with van der Waals surface area (Å²) in [6.07, 6.45) is 4.92. The minimum Gasteiger partial charge on any atom is -0.465 e. The molecular formula is C16H29NO4. The summed E-state index contributed by atoms with van der Waals surface area (Å²) in [6.45, 7) is 7.87. The molecule has 1 aliphatic heterocycles. The van der Waals surface area contributed by atoms with E-state index in [1.807, 2.05) is 6.92 Å². The highest BCUT2D eigenvalue weighted by molar-refractivity contribution is 5.81. The van der Waals surface area contributed by atoms with Crippen molar-refractivity contribution in [2.45, 2.75) is 76.7 Å². The van der Waals surface area contributed by atoms with Gasteiger partial charge in [-0.25, -0.2) is 0 Å². The molecule has 5 nitrogen and oxygen atoms in total. The first-order valence-electron chi connectivity index (χ1n) is 8.24. The first-order valence-corrected chi connectivity index (χ1v) is 8.24. The molecule has 0 spiro atoms. The molecule has 5 heteroatoms. The molecule has 1 saturated heterocycles. The lowest BCUT2D eigenvalue weighted by molar-refractivity contribution is -0.152. The number of esters is 1. The molecule has 1 heterocycles. The first kappa shape index (κ1) is 16.7. The lowest BCUT2D eigenvalue weighted by Crippen LogP contribution is -2.54. The molecule has 0 bridgehead atoms. The molecule has 0 aromatic rings. The van der Waals surface area contributed by atoms with Crippen LogP contribution >= 0.6 is 0 Å². The van der Waals surface area contributed by atoms with Crippen molar-refractivity contribution < 1.29 is 19.0 Å². The van der Waals surface area contributed by atoms with Gasteiger partial charge in [0.2, 0.25) is 0 Å². The molecular weight excluding hydrogens is 270 g/mol. The fourth-order valence-corrected chi connectivity index (χ4v) is 3.36. The second kappa shape index (κ2) is 7.56. The Labute approximate surface area is 127 Å². The SMILES string of the molecule is CCOC(=O)C1(NC(C)C)CCC(OCC2CCCO2)C1. The average molecular weight is 299 g/mol. The maximum absolute atomic E-state index is 12.3. The highest BCUT2D eigenvalue weighted by Crippen LogP contribution is 2.34. The number of rotatable bonds is 7. The van der Waals surface area contributed by atoms with E-state index in [2.05, 4.69) is 19.2 Å². The van der Waals surface area contributed by atoms with Crippen molar-refractivity contribution >= 4 is 5.97 Å². The van der Waals surface area contributed by atoms with E-state index in [1.165, 1.54) is 0 Å². The van der Waals surface area contributed by atoms with Gasteiger partial charge in [0.15, 0.2) is 0 Å². The van der Waals surface area contributed by atoms with Crippen LogP contribution < -0.4 is 5.32 Å². The van der Waals surface area contributed by atoms with E-state index in [0.29, 0.717) is 19.6 Å². The van der Waals surface area contributed by atoms with Gasteiger partial charge in [0, 0.05) is 19.1 Å². The van der Waals surface area contributed by atoms with Crippen LogP contribution in [-0.2, 0) is 19.0 Å². The van der Waals surface area contributed by atoms with Gasteiger partial charge in [-0.1, -0.05) is 0 Å². The van der Waals surface area contributed by atoms with Crippen LogP contribution in [0.3, 0.4) is 0 Å². The summed E-state index contributed by atoms with van der Waals surface area (Å²) in [5.41, 5.74) is -0.578. The summed E-state index contributed by atoms with van der Waals surface area (Å²) in [7, 11) is 0. The van der Waals surface area contributed by atoms with Gasteiger partial charge in [0.25, 0.3) is 0 Å². The van der Waals surface area contributed by atoms with E-state index >= 15 is 0 Å². The Kier molecular flexibility index (Phi) is 6.02. The first-order chi connectivity index (χ1) is 10.1. The van der Waals surface area contributed by atoms with Gasteiger partial charge in [0.05, 0.1) is 25.4 Å². The topological polar surface area (TPSA) is 56.8 Å². The van der Waals surface area contributed by atoms with Crippen LogP contribution in [0, 0.1) is 0 Å². The van der Waals surface area contributed by atoms with Crippen molar-refractivity contribution in [3.63, 3.8) is 0 Å². The van der Waals surface area contributed by atoms with Gasteiger partial charge < -0.3 is 14.2 Å². The fourth-order valence-electron chi connectivity index (χ4n) is 3.36.